The van der Waals surface area contributed by atoms with E-state index in [1.807, 2.05) is 61.5 Å². The van der Waals surface area contributed by atoms with Crippen molar-refractivity contribution in [3.63, 3.8) is 0 Å². The number of para-hydroxylation sites is 1. The minimum Gasteiger partial charge on any atom is -0.457 e. The lowest BCUT2D eigenvalue weighted by molar-refractivity contribution is -0.141. The molecule has 0 bridgehead atoms. The number of hydrogen-bond donors (Lipinski definition) is 1. The van der Waals surface area contributed by atoms with Crippen molar-refractivity contribution in [1.82, 2.24) is 0 Å². The first kappa shape index (κ1) is 14.3. The van der Waals surface area contributed by atoms with Gasteiger partial charge in [0.25, 0.3) is 0 Å². The van der Waals surface area contributed by atoms with E-state index in [1.54, 1.807) is 0 Å². The van der Waals surface area contributed by atoms with Gasteiger partial charge in [-0.2, -0.15) is 0 Å². The molecule has 1 saturated heterocycles. The molecule has 0 unspecified atom stereocenters. The van der Waals surface area contributed by atoms with E-state index in [0.717, 1.165) is 16.8 Å². The number of hydrogen-bond acceptors (Lipinski definition) is 3. The third-order valence-corrected chi connectivity index (χ3v) is 3.88. The standard InChI is InChI=1S/C18H17NO3/c1-12-7-5-6-10-15(12)19-18(21)14-11-16(20)22-17(14)13-8-3-2-4-9-13/h2-10,14,17H,11H2,1H3,(H,19,21)/t14-,17+/m0/s1. The largest absolute Gasteiger partial charge is 0.457 e. The van der Waals surface area contributed by atoms with Crippen LogP contribution in [0.25, 0.3) is 0 Å². The van der Waals surface area contributed by atoms with Gasteiger partial charge in [-0.15, -0.1) is 0 Å². The first-order chi connectivity index (χ1) is 10.6. The van der Waals surface area contributed by atoms with E-state index in [4.69, 9.17) is 4.74 Å². The van der Waals surface area contributed by atoms with Crippen molar-refractivity contribution in [3.8, 4) is 0 Å². The molecule has 2 atom stereocenters. The highest BCUT2D eigenvalue weighted by Gasteiger charge is 2.40. The van der Waals surface area contributed by atoms with Crippen molar-refractivity contribution in [2.45, 2.75) is 19.4 Å². The molecule has 0 spiro atoms. The zero-order valence-corrected chi connectivity index (χ0v) is 12.3. The number of amides is 1. The third-order valence-electron chi connectivity index (χ3n) is 3.88. The van der Waals surface area contributed by atoms with Crippen LogP contribution in [0.4, 0.5) is 5.69 Å². The Labute approximate surface area is 129 Å². The van der Waals surface area contributed by atoms with Gasteiger partial charge < -0.3 is 10.1 Å². The lowest BCUT2D eigenvalue weighted by atomic mass is 9.94. The van der Waals surface area contributed by atoms with Gasteiger partial charge in [-0.3, -0.25) is 9.59 Å². The molecule has 22 heavy (non-hydrogen) atoms. The third kappa shape index (κ3) is 2.86. The van der Waals surface area contributed by atoms with E-state index in [2.05, 4.69) is 5.32 Å². The molecule has 1 amide bonds. The minimum absolute atomic E-state index is 0.108. The molecule has 112 valence electrons. The molecule has 0 aromatic heterocycles. The monoisotopic (exact) mass is 295 g/mol. The summed E-state index contributed by atoms with van der Waals surface area (Å²) < 4.78 is 5.35. The number of ether oxygens (including phenoxy) is 1. The Hall–Kier alpha value is -2.62. The van der Waals surface area contributed by atoms with Crippen LogP contribution in [-0.2, 0) is 14.3 Å². The highest BCUT2D eigenvalue weighted by molar-refractivity contribution is 5.96. The quantitative estimate of drug-likeness (QED) is 0.884. The van der Waals surface area contributed by atoms with Gasteiger partial charge in [-0.1, -0.05) is 48.5 Å². The van der Waals surface area contributed by atoms with E-state index in [1.165, 1.54) is 0 Å². The van der Waals surface area contributed by atoms with E-state index in [-0.39, 0.29) is 18.3 Å². The van der Waals surface area contributed by atoms with Gasteiger partial charge in [0.1, 0.15) is 6.10 Å². The maximum atomic E-state index is 12.6. The average molecular weight is 295 g/mol. The Balaban J connectivity index is 1.81. The van der Waals surface area contributed by atoms with Crippen LogP contribution in [0.3, 0.4) is 0 Å². The summed E-state index contributed by atoms with van der Waals surface area (Å²) in [5.74, 6) is -1.03. The van der Waals surface area contributed by atoms with Gasteiger partial charge >= 0.3 is 5.97 Å². The number of cyclic esters (lactones) is 1. The topological polar surface area (TPSA) is 55.4 Å². The molecule has 1 fully saturated rings. The maximum absolute atomic E-state index is 12.6. The zero-order valence-electron chi connectivity index (χ0n) is 12.3. The number of benzene rings is 2. The smallest absolute Gasteiger partial charge is 0.307 e. The molecular formula is C18H17NO3. The molecule has 2 aromatic carbocycles. The summed E-state index contributed by atoms with van der Waals surface area (Å²) in [7, 11) is 0. The molecule has 1 aliphatic heterocycles. The second-order valence-electron chi connectivity index (χ2n) is 5.44. The molecule has 4 heteroatoms. The van der Waals surface area contributed by atoms with Crippen LogP contribution in [0.2, 0.25) is 0 Å². The molecule has 0 radical (unpaired) electrons. The molecule has 3 rings (SSSR count). The fraction of sp³-hybridized carbons (Fsp3) is 0.222. The highest BCUT2D eigenvalue weighted by Crippen LogP contribution is 2.36. The first-order valence-corrected chi connectivity index (χ1v) is 7.26. The van der Waals surface area contributed by atoms with Crippen LogP contribution in [0, 0.1) is 12.8 Å². The fourth-order valence-electron chi connectivity index (χ4n) is 2.67. The molecule has 1 N–H and O–H groups in total. The van der Waals surface area contributed by atoms with Crippen LogP contribution < -0.4 is 5.32 Å². The summed E-state index contributed by atoms with van der Waals surface area (Å²) in [6.45, 7) is 1.93. The second kappa shape index (κ2) is 6.02. The van der Waals surface area contributed by atoms with Gasteiger partial charge in [0, 0.05) is 5.69 Å². The van der Waals surface area contributed by atoms with Crippen LogP contribution in [0.15, 0.2) is 54.6 Å². The van der Waals surface area contributed by atoms with Gasteiger partial charge in [0.05, 0.1) is 12.3 Å². The van der Waals surface area contributed by atoms with Crippen molar-refractivity contribution in [2.24, 2.45) is 5.92 Å². The molecule has 0 saturated carbocycles. The first-order valence-electron chi connectivity index (χ1n) is 7.26. The number of anilines is 1. The SMILES string of the molecule is Cc1ccccc1NC(=O)[C@H]1CC(=O)O[C@@H]1c1ccccc1. The van der Waals surface area contributed by atoms with Crippen molar-refractivity contribution < 1.29 is 14.3 Å². The van der Waals surface area contributed by atoms with Crippen molar-refractivity contribution in [2.75, 3.05) is 5.32 Å². The number of aryl methyl sites for hydroxylation is 1. The lowest BCUT2D eigenvalue weighted by Gasteiger charge is -2.18. The Morgan fingerprint density at radius 3 is 2.50 bits per heavy atom. The summed E-state index contributed by atoms with van der Waals surface area (Å²) in [6, 6.07) is 16.9. The van der Waals surface area contributed by atoms with E-state index >= 15 is 0 Å². The van der Waals surface area contributed by atoms with Crippen molar-refractivity contribution >= 4 is 17.6 Å². The fourth-order valence-corrected chi connectivity index (χ4v) is 2.67. The summed E-state index contributed by atoms with van der Waals surface area (Å²) in [5.41, 5.74) is 2.59. The normalized spacial score (nSPS) is 20.5. The van der Waals surface area contributed by atoms with Crippen molar-refractivity contribution in [1.29, 1.82) is 0 Å². The molecule has 4 nitrogen and oxygen atoms in total. The van der Waals surface area contributed by atoms with Gasteiger partial charge in [-0.25, -0.2) is 0 Å². The summed E-state index contributed by atoms with van der Waals surface area (Å²) in [4.78, 5) is 24.2. The maximum Gasteiger partial charge on any atom is 0.307 e. The summed E-state index contributed by atoms with van der Waals surface area (Å²) in [6.07, 6.45) is -0.408. The van der Waals surface area contributed by atoms with Crippen LogP contribution >= 0.6 is 0 Å². The number of carbonyl (C=O) groups is 2. The average Bonchev–Trinajstić information content (AvgIpc) is 2.92. The Morgan fingerprint density at radius 1 is 1.09 bits per heavy atom. The molecule has 0 aliphatic carbocycles. The zero-order chi connectivity index (χ0) is 15.5. The number of nitrogens with one attached hydrogen (secondary N) is 1. The van der Waals surface area contributed by atoms with Gasteiger partial charge in [-0.05, 0) is 24.1 Å². The Bertz CT molecular complexity index is 696. The minimum atomic E-state index is -0.516. The Morgan fingerprint density at radius 2 is 1.77 bits per heavy atom. The molecule has 2 aromatic rings. The lowest BCUT2D eigenvalue weighted by Crippen LogP contribution is -2.25. The van der Waals surface area contributed by atoms with E-state index in [0.29, 0.717) is 0 Å². The number of rotatable bonds is 3. The van der Waals surface area contributed by atoms with Crippen molar-refractivity contribution in [3.05, 3.63) is 65.7 Å². The van der Waals surface area contributed by atoms with E-state index in [9.17, 15) is 9.59 Å². The predicted molar refractivity (Wildman–Crippen MR) is 83.2 cm³/mol. The number of esters is 1. The van der Waals surface area contributed by atoms with Crippen LogP contribution in [0.1, 0.15) is 23.7 Å². The number of carbonyl (C=O) groups excluding carboxylic acids is 2. The molecule has 1 aliphatic rings. The van der Waals surface area contributed by atoms with Crippen LogP contribution in [-0.4, -0.2) is 11.9 Å². The highest BCUT2D eigenvalue weighted by atomic mass is 16.6. The molecule has 1 heterocycles. The van der Waals surface area contributed by atoms with Crippen LogP contribution in [0.5, 0.6) is 0 Å². The Kier molecular flexibility index (Phi) is 3.92. The summed E-state index contributed by atoms with van der Waals surface area (Å²) in [5, 5.41) is 2.90. The van der Waals surface area contributed by atoms with Gasteiger partial charge in [0.2, 0.25) is 5.91 Å². The summed E-state index contributed by atoms with van der Waals surface area (Å²) >= 11 is 0. The van der Waals surface area contributed by atoms with E-state index < -0.39 is 12.0 Å². The van der Waals surface area contributed by atoms with Gasteiger partial charge in [0.15, 0.2) is 0 Å². The molecular weight excluding hydrogens is 278 g/mol. The predicted octanol–water partition coefficient (Wildman–Crippen LogP) is 3.24. The second-order valence-corrected chi connectivity index (χ2v) is 5.44.